The molecule has 0 radical (unpaired) electrons. The molecule has 14 heavy (non-hydrogen) atoms. The molecule has 0 saturated heterocycles. The number of aliphatic hydroxyl groups excluding tert-OH is 1. The molecule has 1 aromatic rings. The lowest BCUT2D eigenvalue weighted by atomic mass is 10.3. The van der Waals surface area contributed by atoms with Crippen LogP contribution >= 0.6 is 27.7 Å². The van der Waals surface area contributed by atoms with Gasteiger partial charge in [-0.1, -0.05) is 22.0 Å². The van der Waals surface area contributed by atoms with Gasteiger partial charge in [-0.3, -0.25) is 0 Å². The molecular weight excluding hydrogens is 260 g/mol. The number of hydrogen-bond acceptors (Lipinski definition) is 2. The number of aliphatic hydroxyl groups is 1. The minimum atomic E-state index is -0.291. The summed E-state index contributed by atoms with van der Waals surface area (Å²) in [7, 11) is 0. The van der Waals surface area contributed by atoms with E-state index in [0.29, 0.717) is 12.2 Å². The Labute approximate surface area is 97.4 Å². The number of thioether (sulfide) groups is 1. The Balaban J connectivity index is 2.37. The molecule has 0 bridgehead atoms. The Morgan fingerprint density at radius 2 is 2.07 bits per heavy atom. The number of halogens is 1. The van der Waals surface area contributed by atoms with Crippen LogP contribution in [0, 0.1) is 0 Å². The van der Waals surface area contributed by atoms with Gasteiger partial charge in [-0.05, 0) is 30.7 Å². The Morgan fingerprint density at radius 3 is 2.64 bits per heavy atom. The largest absolute Gasteiger partial charge is 0.392 e. The van der Waals surface area contributed by atoms with Gasteiger partial charge in [-0.15, -0.1) is 18.3 Å². The van der Waals surface area contributed by atoms with Gasteiger partial charge >= 0.3 is 0 Å². The van der Waals surface area contributed by atoms with Crippen LogP contribution in [0.5, 0.6) is 0 Å². The third kappa shape index (κ3) is 4.31. The molecule has 0 aliphatic rings. The molecule has 0 amide bonds. The summed E-state index contributed by atoms with van der Waals surface area (Å²) in [6, 6.07) is 8.08. The van der Waals surface area contributed by atoms with Gasteiger partial charge in [0, 0.05) is 15.1 Å². The molecule has 0 aliphatic carbocycles. The first kappa shape index (κ1) is 11.8. The average Bonchev–Trinajstić information content (AvgIpc) is 2.17. The summed E-state index contributed by atoms with van der Waals surface area (Å²) in [4.78, 5) is 1.18. The summed E-state index contributed by atoms with van der Waals surface area (Å²) < 4.78 is 1.08. The average molecular weight is 273 g/mol. The van der Waals surface area contributed by atoms with Gasteiger partial charge < -0.3 is 5.11 Å². The quantitative estimate of drug-likeness (QED) is 0.654. The molecule has 76 valence electrons. The van der Waals surface area contributed by atoms with Gasteiger partial charge in [-0.2, -0.15) is 0 Å². The van der Waals surface area contributed by atoms with Crippen molar-refractivity contribution in [3.05, 3.63) is 41.4 Å². The van der Waals surface area contributed by atoms with E-state index >= 15 is 0 Å². The highest BCUT2D eigenvalue weighted by molar-refractivity contribution is 9.10. The van der Waals surface area contributed by atoms with Crippen molar-refractivity contribution in [2.45, 2.75) is 17.4 Å². The zero-order valence-electron chi connectivity index (χ0n) is 7.82. The molecule has 1 N–H and O–H groups in total. The summed E-state index contributed by atoms with van der Waals surface area (Å²) in [5, 5.41) is 9.46. The second-order valence-corrected chi connectivity index (χ2v) is 4.95. The van der Waals surface area contributed by atoms with Crippen LogP contribution in [-0.2, 0) is 0 Å². The molecule has 3 heteroatoms. The lowest BCUT2D eigenvalue weighted by molar-refractivity contribution is 0.203. The number of benzene rings is 1. The van der Waals surface area contributed by atoms with E-state index in [9.17, 15) is 5.11 Å². The van der Waals surface area contributed by atoms with E-state index in [0.717, 1.165) is 4.47 Å². The van der Waals surface area contributed by atoms with Gasteiger partial charge in [-0.25, -0.2) is 0 Å². The maximum absolute atomic E-state index is 9.46. The molecule has 1 unspecified atom stereocenters. The minimum absolute atomic E-state index is 0.291. The van der Waals surface area contributed by atoms with Crippen LogP contribution in [0.25, 0.3) is 0 Å². The second-order valence-electron chi connectivity index (χ2n) is 2.94. The molecule has 0 aliphatic heterocycles. The van der Waals surface area contributed by atoms with Crippen molar-refractivity contribution in [2.75, 3.05) is 5.75 Å². The predicted molar refractivity (Wildman–Crippen MR) is 65.7 cm³/mol. The van der Waals surface area contributed by atoms with Crippen LogP contribution in [0.1, 0.15) is 6.42 Å². The highest BCUT2D eigenvalue weighted by Gasteiger charge is 2.02. The SMILES string of the molecule is C=CCC(O)CSc1ccc(Br)cc1. The predicted octanol–water partition coefficient (Wildman–Crippen LogP) is 3.48. The monoisotopic (exact) mass is 272 g/mol. The molecule has 0 heterocycles. The van der Waals surface area contributed by atoms with Gasteiger partial charge in [0.25, 0.3) is 0 Å². The lowest BCUT2D eigenvalue weighted by Crippen LogP contribution is -2.07. The molecule has 1 aromatic carbocycles. The molecule has 1 rings (SSSR count). The zero-order valence-corrected chi connectivity index (χ0v) is 10.2. The van der Waals surface area contributed by atoms with E-state index in [1.54, 1.807) is 17.8 Å². The van der Waals surface area contributed by atoms with Crippen molar-refractivity contribution in [3.63, 3.8) is 0 Å². The van der Waals surface area contributed by atoms with Crippen molar-refractivity contribution in [3.8, 4) is 0 Å². The van der Waals surface area contributed by atoms with Crippen LogP contribution in [0.2, 0.25) is 0 Å². The number of rotatable bonds is 5. The first-order valence-corrected chi connectivity index (χ1v) is 6.17. The molecule has 0 spiro atoms. The fourth-order valence-electron chi connectivity index (χ4n) is 0.984. The van der Waals surface area contributed by atoms with E-state index in [1.807, 2.05) is 24.3 Å². The highest BCUT2D eigenvalue weighted by atomic mass is 79.9. The summed E-state index contributed by atoms with van der Waals surface area (Å²) in [6.07, 6.45) is 2.11. The standard InChI is InChI=1S/C11H13BrOS/c1-2-3-10(13)8-14-11-6-4-9(12)5-7-11/h2,4-7,10,13H,1,3,8H2. The van der Waals surface area contributed by atoms with Gasteiger partial charge in [0.05, 0.1) is 6.10 Å². The second kappa shape index (κ2) is 6.27. The Morgan fingerprint density at radius 1 is 1.43 bits per heavy atom. The smallest absolute Gasteiger partial charge is 0.0668 e. The molecule has 0 fully saturated rings. The van der Waals surface area contributed by atoms with Crippen molar-refractivity contribution in [1.29, 1.82) is 0 Å². The third-order valence-corrected chi connectivity index (χ3v) is 3.38. The molecule has 1 nitrogen and oxygen atoms in total. The minimum Gasteiger partial charge on any atom is -0.392 e. The third-order valence-electron chi connectivity index (χ3n) is 1.69. The molecular formula is C11H13BrOS. The van der Waals surface area contributed by atoms with E-state index < -0.39 is 0 Å². The topological polar surface area (TPSA) is 20.2 Å². The van der Waals surface area contributed by atoms with E-state index in [-0.39, 0.29) is 6.10 Å². The van der Waals surface area contributed by atoms with Crippen molar-refractivity contribution >= 4 is 27.7 Å². The normalized spacial score (nSPS) is 12.4. The van der Waals surface area contributed by atoms with E-state index in [2.05, 4.69) is 22.5 Å². The Bertz CT molecular complexity index is 284. The number of hydrogen-bond donors (Lipinski definition) is 1. The fourth-order valence-corrected chi connectivity index (χ4v) is 2.10. The first-order valence-electron chi connectivity index (χ1n) is 4.39. The van der Waals surface area contributed by atoms with Crippen LogP contribution in [0.4, 0.5) is 0 Å². The fraction of sp³-hybridized carbons (Fsp3) is 0.273. The van der Waals surface area contributed by atoms with Crippen LogP contribution in [0.15, 0.2) is 46.3 Å². The maximum Gasteiger partial charge on any atom is 0.0668 e. The highest BCUT2D eigenvalue weighted by Crippen LogP contribution is 2.21. The van der Waals surface area contributed by atoms with E-state index in [1.165, 1.54) is 4.90 Å². The van der Waals surface area contributed by atoms with Crippen molar-refractivity contribution in [2.24, 2.45) is 0 Å². The maximum atomic E-state index is 9.46. The van der Waals surface area contributed by atoms with E-state index in [4.69, 9.17) is 0 Å². The lowest BCUT2D eigenvalue weighted by Gasteiger charge is -2.07. The van der Waals surface area contributed by atoms with Crippen molar-refractivity contribution in [1.82, 2.24) is 0 Å². The zero-order chi connectivity index (χ0) is 10.4. The van der Waals surface area contributed by atoms with Gasteiger partial charge in [0.2, 0.25) is 0 Å². The first-order chi connectivity index (χ1) is 6.72. The van der Waals surface area contributed by atoms with Gasteiger partial charge in [0.15, 0.2) is 0 Å². The Hall–Kier alpha value is -0.250. The molecule has 0 aromatic heterocycles. The van der Waals surface area contributed by atoms with Crippen molar-refractivity contribution < 1.29 is 5.11 Å². The molecule has 0 saturated carbocycles. The Kier molecular flexibility index (Phi) is 5.30. The summed E-state index contributed by atoms with van der Waals surface area (Å²) >= 11 is 5.04. The summed E-state index contributed by atoms with van der Waals surface area (Å²) in [5.41, 5.74) is 0. The summed E-state index contributed by atoms with van der Waals surface area (Å²) in [5.74, 6) is 0.716. The van der Waals surface area contributed by atoms with Gasteiger partial charge in [0.1, 0.15) is 0 Å². The van der Waals surface area contributed by atoms with Crippen LogP contribution in [-0.4, -0.2) is 17.0 Å². The van der Waals surface area contributed by atoms with Crippen LogP contribution in [0.3, 0.4) is 0 Å². The van der Waals surface area contributed by atoms with Crippen LogP contribution < -0.4 is 0 Å². The summed E-state index contributed by atoms with van der Waals surface area (Å²) in [6.45, 7) is 3.59. The molecule has 1 atom stereocenters.